The zero-order valence-corrected chi connectivity index (χ0v) is 9.11. The number of ether oxygens (including phenoxy) is 3. The highest BCUT2D eigenvalue weighted by Crippen LogP contribution is 2.25. The molecule has 0 amide bonds. The van der Waals surface area contributed by atoms with Crippen molar-refractivity contribution < 1.29 is 14.2 Å². The first kappa shape index (κ1) is 11.6. The molecule has 1 aromatic carbocycles. The van der Waals surface area contributed by atoms with Gasteiger partial charge in [-0.05, 0) is 18.2 Å². The zero-order valence-electron chi connectivity index (χ0n) is 9.11. The molecule has 0 fully saturated rings. The molecule has 0 aromatic heterocycles. The Balaban J connectivity index is 3.17. The highest BCUT2D eigenvalue weighted by Gasteiger charge is 2.13. The Morgan fingerprint density at radius 1 is 1.20 bits per heavy atom. The van der Waals surface area contributed by atoms with Gasteiger partial charge in [0.2, 0.25) is 0 Å². The third kappa shape index (κ3) is 2.50. The Morgan fingerprint density at radius 2 is 1.87 bits per heavy atom. The van der Waals surface area contributed by atoms with E-state index in [-0.39, 0.29) is 0 Å². The van der Waals surface area contributed by atoms with Crippen molar-refractivity contribution in [2.45, 2.75) is 6.29 Å². The molecule has 3 nitrogen and oxygen atoms in total. The Bertz CT molecular complexity index is 362. The monoisotopic (exact) mass is 206 g/mol. The zero-order chi connectivity index (χ0) is 11.3. The van der Waals surface area contributed by atoms with E-state index in [1.54, 1.807) is 33.5 Å². The molecule has 80 valence electrons. The minimum atomic E-state index is -0.467. The van der Waals surface area contributed by atoms with Crippen molar-refractivity contribution in [1.82, 2.24) is 0 Å². The number of rotatable bonds is 4. The van der Waals surface area contributed by atoms with Crippen LogP contribution in [0.4, 0.5) is 0 Å². The Hall–Kier alpha value is -1.50. The number of terminal acetylenes is 1. The fourth-order valence-corrected chi connectivity index (χ4v) is 1.34. The van der Waals surface area contributed by atoms with Crippen LogP contribution in [0, 0.1) is 12.3 Å². The van der Waals surface area contributed by atoms with E-state index in [2.05, 4.69) is 5.92 Å². The van der Waals surface area contributed by atoms with Crippen LogP contribution in [0.3, 0.4) is 0 Å². The molecule has 0 atom stereocenters. The van der Waals surface area contributed by atoms with E-state index in [1.165, 1.54) is 0 Å². The summed E-state index contributed by atoms with van der Waals surface area (Å²) in [6, 6.07) is 5.42. The summed E-state index contributed by atoms with van der Waals surface area (Å²) in [6.07, 6.45) is 4.92. The molecule has 0 bridgehead atoms. The molecule has 1 rings (SSSR count). The smallest absolute Gasteiger partial charge is 0.184 e. The van der Waals surface area contributed by atoms with Crippen LogP contribution >= 0.6 is 0 Å². The first-order valence-electron chi connectivity index (χ1n) is 4.47. The molecule has 1 aromatic rings. The topological polar surface area (TPSA) is 27.7 Å². The second-order valence-corrected chi connectivity index (χ2v) is 2.90. The van der Waals surface area contributed by atoms with E-state index in [9.17, 15) is 0 Å². The predicted octanol–water partition coefficient (Wildman–Crippen LogP) is 1.97. The van der Waals surface area contributed by atoms with E-state index in [4.69, 9.17) is 20.6 Å². The summed E-state index contributed by atoms with van der Waals surface area (Å²) in [4.78, 5) is 0. The van der Waals surface area contributed by atoms with Gasteiger partial charge in [0.1, 0.15) is 5.75 Å². The molecule has 0 N–H and O–H groups in total. The summed E-state index contributed by atoms with van der Waals surface area (Å²) in [6.45, 7) is 0. The summed E-state index contributed by atoms with van der Waals surface area (Å²) >= 11 is 0. The quantitative estimate of drug-likeness (QED) is 0.557. The van der Waals surface area contributed by atoms with Crippen LogP contribution in [-0.4, -0.2) is 21.3 Å². The van der Waals surface area contributed by atoms with Crippen LogP contribution in [0.25, 0.3) is 0 Å². The molecular formula is C12H14O3. The Morgan fingerprint density at radius 3 is 2.33 bits per heavy atom. The second kappa shape index (κ2) is 5.40. The highest BCUT2D eigenvalue weighted by atomic mass is 16.7. The third-order valence-corrected chi connectivity index (χ3v) is 2.10. The van der Waals surface area contributed by atoms with Crippen molar-refractivity contribution in [3.8, 4) is 18.1 Å². The summed E-state index contributed by atoms with van der Waals surface area (Å²) in [5.74, 6) is 3.31. The van der Waals surface area contributed by atoms with E-state index >= 15 is 0 Å². The van der Waals surface area contributed by atoms with E-state index < -0.39 is 6.29 Å². The Kier molecular flexibility index (Phi) is 4.17. The summed E-state index contributed by atoms with van der Waals surface area (Å²) in [5.41, 5.74) is 1.53. The van der Waals surface area contributed by atoms with Crippen molar-refractivity contribution >= 4 is 0 Å². The van der Waals surface area contributed by atoms with Gasteiger partial charge in [0.25, 0.3) is 0 Å². The average molecular weight is 206 g/mol. The fraction of sp³-hybridized carbons (Fsp3) is 0.333. The molecule has 0 heterocycles. The van der Waals surface area contributed by atoms with Gasteiger partial charge in [-0.15, -0.1) is 6.42 Å². The third-order valence-electron chi connectivity index (χ3n) is 2.10. The number of methoxy groups -OCH3 is 3. The number of hydrogen-bond acceptors (Lipinski definition) is 3. The SMILES string of the molecule is C#Cc1ccc(OC)cc1C(OC)OC. The van der Waals surface area contributed by atoms with E-state index in [0.29, 0.717) is 0 Å². The van der Waals surface area contributed by atoms with Crippen molar-refractivity contribution in [3.05, 3.63) is 29.3 Å². The van der Waals surface area contributed by atoms with Gasteiger partial charge in [-0.2, -0.15) is 0 Å². The van der Waals surface area contributed by atoms with Gasteiger partial charge in [0, 0.05) is 25.3 Å². The molecule has 3 heteroatoms. The van der Waals surface area contributed by atoms with Gasteiger partial charge in [-0.25, -0.2) is 0 Å². The lowest BCUT2D eigenvalue weighted by Crippen LogP contribution is -2.06. The highest BCUT2D eigenvalue weighted by molar-refractivity contribution is 5.45. The van der Waals surface area contributed by atoms with Gasteiger partial charge >= 0.3 is 0 Å². The summed E-state index contributed by atoms with van der Waals surface area (Å²) in [7, 11) is 4.73. The lowest BCUT2D eigenvalue weighted by atomic mass is 10.1. The van der Waals surface area contributed by atoms with Gasteiger partial charge in [-0.3, -0.25) is 0 Å². The van der Waals surface area contributed by atoms with Crippen LogP contribution in [0.1, 0.15) is 17.4 Å². The molecule has 0 spiro atoms. The maximum atomic E-state index is 5.39. The molecule has 0 aliphatic rings. The van der Waals surface area contributed by atoms with Gasteiger partial charge in [0.15, 0.2) is 6.29 Å². The van der Waals surface area contributed by atoms with Gasteiger partial charge in [0.05, 0.1) is 7.11 Å². The van der Waals surface area contributed by atoms with Crippen LogP contribution in [0.15, 0.2) is 18.2 Å². The van der Waals surface area contributed by atoms with Crippen LogP contribution in [0.5, 0.6) is 5.75 Å². The molecule has 0 saturated heterocycles. The molecule has 0 saturated carbocycles. The van der Waals surface area contributed by atoms with E-state index in [1.807, 2.05) is 6.07 Å². The minimum absolute atomic E-state index is 0.467. The van der Waals surface area contributed by atoms with Crippen molar-refractivity contribution in [3.63, 3.8) is 0 Å². The van der Waals surface area contributed by atoms with Crippen molar-refractivity contribution in [1.29, 1.82) is 0 Å². The maximum absolute atomic E-state index is 5.39. The average Bonchev–Trinajstić information content (AvgIpc) is 2.30. The van der Waals surface area contributed by atoms with Gasteiger partial charge in [-0.1, -0.05) is 5.92 Å². The van der Waals surface area contributed by atoms with Gasteiger partial charge < -0.3 is 14.2 Å². The molecule has 0 aliphatic heterocycles. The first-order chi connectivity index (χ1) is 7.26. The maximum Gasteiger partial charge on any atom is 0.184 e. The minimum Gasteiger partial charge on any atom is -0.497 e. The summed E-state index contributed by atoms with van der Waals surface area (Å²) < 4.78 is 15.4. The van der Waals surface area contributed by atoms with E-state index in [0.717, 1.165) is 16.9 Å². The second-order valence-electron chi connectivity index (χ2n) is 2.90. The first-order valence-corrected chi connectivity index (χ1v) is 4.47. The van der Waals surface area contributed by atoms with Crippen LogP contribution in [-0.2, 0) is 9.47 Å². The lowest BCUT2D eigenvalue weighted by molar-refractivity contribution is -0.106. The normalized spacial score (nSPS) is 10.1. The largest absolute Gasteiger partial charge is 0.497 e. The predicted molar refractivity (Wildman–Crippen MR) is 57.7 cm³/mol. The van der Waals surface area contributed by atoms with Crippen molar-refractivity contribution in [2.75, 3.05) is 21.3 Å². The molecular weight excluding hydrogens is 192 g/mol. The number of hydrogen-bond donors (Lipinski definition) is 0. The molecule has 0 aliphatic carbocycles. The molecule has 15 heavy (non-hydrogen) atoms. The Labute approximate surface area is 90.0 Å². The lowest BCUT2D eigenvalue weighted by Gasteiger charge is -2.16. The fourth-order valence-electron chi connectivity index (χ4n) is 1.34. The summed E-state index contributed by atoms with van der Waals surface area (Å²) in [5, 5.41) is 0. The standard InChI is InChI=1S/C12H14O3/c1-5-9-6-7-10(13-2)8-11(9)12(14-3)15-4/h1,6-8,12H,2-4H3. The molecule has 0 unspecified atom stereocenters. The van der Waals surface area contributed by atoms with Crippen LogP contribution < -0.4 is 4.74 Å². The van der Waals surface area contributed by atoms with Crippen LogP contribution in [0.2, 0.25) is 0 Å². The van der Waals surface area contributed by atoms with Crippen molar-refractivity contribution in [2.24, 2.45) is 0 Å². The number of benzene rings is 1. The molecule has 0 radical (unpaired) electrons.